The lowest BCUT2D eigenvalue weighted by Gasteiger charge is -2.22. The molecule has 0 aromatic carbocycles. The Kier molecular flexibility index (Phi) is 5.94. The second-order valence-corrected chi connectivity index (χ2v) is 6.26. The molecule has 0 aliphatic rings. The van der Waals surface area contributed by atoms with Gasteiger partial charge in [-0.2, -0.15) is 0 Å². The van der Waals surface area contributed by atoms with Crippen molar-refractivity contribution in [3.63, 3.8) is 0 Å². The Hall–Kier alpha value is -1.46. The highest BCUT2D eigenvalue weighted by Gasteiger charge is 2.14. The van der Waals surface area contributed by atoms with E-state index in [1.54, 1.807) is 0 Å². The summed E-state index contributed by atoms with van der Waals surface area (Å²) in [6.07, 6.45) is 0. The Morgan fingerprint density at radius 1 is 0.722 bits per heavy atom. The smallest absolute Gasteiger partial charge is 0.315 e. The molecule has 18 heavy (non-hydrogen) atoms. The van der Waals surface area contributed by atoms with Gasteiger partial charge in [-0.3, -0.25) is 0 Å². The standard InChI is InChI=1S/C12H26N4O2/c1-11(2,3)15-9(17)13-7-8-14-10(18)16-12(4,5)6/h7-8H2,1-6H3,(H2,13,15,17)(H2,14,16,18). The van der Waals surface area contributed by atoms with Crippen molar-refractivity contribution in [1.82, 2.24) is 21.3 Å². The van der Waals surface area contributed by atoms with Gasteiger partial charge < -0.3 is 21.3 Å². The fourth-order valence-electron chi connectivity index (χ4n) is 1.12. The molecular formula is C12H26N4O2. The summed E-state index contributed by atoms with van der Waals surface area (Å²) >= 11 is 0. The highest BCUT2D eigenvalue weighted by molar-refractivity contribution is 5.75. The Labute approximate surface area is 109 Å². The Balaban J connectivity index is 3.69. The van der Waals surface area contributed by atoms with E-state index in [-0.39, 0.29) is 23.1 Å². The van der Waals surface area contributed by atoms with Crippen molar-refractivity contribution in [2.45, 2.75) is 52.6 Å². The van der Waals surface area contributed by atoms with E-state index in [1.807, 2.05) is 41.5 Å². The highest BCUT2D eigenvalue weighted by atomic mass is 16.2. The van der Waals surface area contributed by atoms with Crippen LogP contribution in [0.4, 0.5) is 9.59 Å². The third-order valence-corrected chi connectivity index (χ3v) is 1.67. The first-order chi connectivity index (χ1) is 7.99. The average molecular weight is 258 g/mol. The normalized spacial score (nSPS) is 11.7. The molecule has 0 aromatic heterocycles. The number of carbonyl (C=O) groups excluding carboxylic acids is 2. The molecule has 6 heteroatoms. The van der Waals surface area contributed by atoms with E-state index in [0.717, 1.165) is 0 Å². The maximum Gasteiger partial charge on any atom is 0.315 e. The zero-order valence-corrected chi connectivity index (χ0v) is 12.2. The van der Waals surface area contributed by atoms with Crippen molar-refractivity contribution in [3.8, 4) is 0 Å². The van der Waals surface area contributed by atoms with Crippen molar-refractivity contribution in [2.75, 3.05) is 13.1 Å². The van der Waals surface area contributed by atoms with E-state index in [0.29, 0.717) is 13.1 Å². The van der Waals surface area contributed by atoms with Gasteiger partial charge in [0.2, 0.25) is 0 Å². The molecule has 0 aromatic rings. The molecule has 0 atom stereocenters. The van der Waals surface area contributed by atoms with Crippen LogP contribution in [-0.2, 0) is 0 Å². The van der Waals surface area contributed by atoms with Crippen LogP contribution >= 0.6 is 0 Å². The second kappa shape index (κ2) is 6.47. The van der Waals surface area contributed by atoms with Crippen LogP contribution in [0.15, 0.2) is 0 Å². The lowest BCUT2D eigenvalue weighted by molar-refractivity contribution is 0.227. The molecule has 0 fully saturated rings. The van der Waals surface area contributed by atoms with Gasteiger partial charge in [-0.1, -0.05) is 0 Å². The zero-order valence-electron chi connectivity index (χ0n) is 12.2. The maximum absolute atomic E-state index is 11.4. The first-order valence-electron chi connectivity index (χ1n) is 6.12. The molecule has 0 aliphatic carbocycles. The molecule has 0 heterocycles. The molecule has 0 unspecified atom stereocenters. The van der Waals surface area contributed by atoms with Crippen LogP contribution < -0.4 is 21.3 Å². The third-order valence-electron chi connectivity index (χ3n) is 1.67. The van der Waals surface area contributed by atoms with E-state index in [9.17, 15) is 9.59 Å². The van der Waals surface area contributed by atoms with Crippen LogP contribution in [-0.4, -0.2) is 36.2 Å². The van der Waals surface area contributed by atoms with Gasteiger partial charge in [0.05, 0.1) is 0 Å². The van der Waals surface area contributed by atoms with E-state index in [1.165, 1.54) is 0 Å². The number of hydrogen-bond acceptors (Lipinski definition) is 2. The van der Waals surface area contributed by atoms with Gasteiger partial charge in [-0.05, 0) is 41.5 Å². The van der Waals surface area contributed by atoms with E-state index in [2.05, 4.69) is 21.3 Å². The first-order valence-corrected chi connectivity index (χ1v) is 6.12. The Morgan fingerprint density at radius 3 is 1.22 bits per heavy atom. The van der Waals surface area contributed by atoms with Gasteiger partial charge in [0, 0.05) is 24.2 Å². The topological polar surface area (TPSA) is 82.3 Å². The summed E-state index contributed by atoms with van der Waals surface area (Å²) in [5, 5.41) is 10.9. The zero-order chi connectivity index (χ0) is 14.4. The molecule has 0 saturated heterocycles. The molecule has 0 rings (SSSR count). The van der Waals surface area contributed by atoms with Gasteiger partial charge in [-0.15, -0.1) is 0 Å². The summed E-state index contributed by atoms with van der Waals surface area (Å²) < 4.78 is 0. The van der Waals surface area contributed by atoms with Gasteiger partial charge in [0.15, 0.2) is 0 Å². The van der Waals surface area contributed by atoms with Crippen molar-refractivity contribution < 1.29 is 9.59 Å². The monoisotopic (exact) mass is 258 g/mol. The molecule has 0 bridgehead atoms. The van der Waals surface area contributed by atoms with Crippen LogP contribution in [0.5, 0.6) is 0 Å². The summed E-state index contributed by atoms with van der Waals surface area (Å²) in [6, 6.07) is -0.471. The molecule has 0 aliphatic heterocycles. The third kappa shape index (κ3) is 11.0. The van der Waals surface area contributed by atoms with Crippen LogP contribution in [0.3, 0.4) is 0 Å². The molecule has 0 saturated carbocycles. The van der Waals surface area contributed by atoms with Crippen molar-refractivity contribution in [1.29, 1.82) is 0 Å². The lowest BCUT2D eigenvalue weighted by atomic mass is 10.1. The van der Waals surface area contributed by atoms with Crippen molar-refractivity contribution in [2.24, 2.45) is 0 Å². The van der Waals surface area contributed by atoms with Gasteiger partial charge in [0.1, 0.15) is 0 Å². The molecule has 0 radical (unpaired) electrons. The largest absolute Gasteiger partial charge is 0.336 e. The Bertz CT molecular complexity index is 259. The predicted molar refractivity (Wildman–Crippen MR) is 72.6 cm³/mol. The van der Waals surface area contributed by atoms with E-state index < -0.39 is 0 Å². The lowest BCUT2D eigenvalue weighted by Crippen LogP contribution is -2.50. The van der Waals surface area contributed by atoms with E-state index in [4.69, 9.17) is 0 Å². The molecule has 6 nitrogen and oxygen atoms in total. The molecule has 4 N–H and O–H groups in total. The van der Waals surface area contributed by atoms with Crippen LogP contribution in [0.25, 0.3) is 0 Å². The van der Waals surface area contributed by atoms with Crippen LogP contribution in [0.2, 0.25) is 0 Å². The van der Waals surface area contributed by atoms with Gasteiger partial charge in [0.25, 0.3) is 0 Å². The molecule has 0 spiro atoms. The second-order valence-electron chi connectivity index (χ2n) is 6.26. The first kappa shape index (κ1) is 16.5. The van der Waals surface area contributed by atoms with E-state index >= 15 is 0 Å². The number of carbonyl (C=O) groups is 2. The SMILES string of the molecule is CC(C)(C)NC(=O)NCCNC(=O)NC(C)(C)C. The Morgan fingerprint density at radius 2 is 1.00 bits per heavy atom. The number of rotatable bonds is 3. The van der Waals surface area contributed by atoms with Crippen molar-refractivity contribution in [3.05, 3.63) is 0 Å². The summed E-state index contributed by atoms with van der Waals surface area (Å²) in [5.41, 5.74) is -0.526. The quantitative estimate of drug-likeness (QED) is 0.573. The summed E-state index contributed by atoms with van der Waals surface area (Å²) in [4.78, 5) is 22.8. The predicted octanol–water partition coefficient (Wildman–Crippen LogP) is 1.18. The molecule has 4 amide bonds. The minimum Gasteiger partial charge on any atom is -0.336 e. The fraction of sp³-hybridized carbons (Fsp3) is 0.833. The number of amides is 4. The number of urea groups is 2. The van der Waals surface area contributed by atoms with Gasteiger partial charge >= 0.3 is 12.1 Å². The number of hydrogen-bond donors (Lipinski definition) is 4. The molecular weight excluding hydrogens is 232 g/mol. The fourth-order valence-corrected chi connectivity index (χ4v) is 1.12. The summed E-state index contributed by atoms with van der Waals surface area (Å²) in [6.45, 7) is 12.2. The van der Waals surface area contributed by atoms with Crippen molar-refractivity contribution >= 4 is 12.1 Å². The average Bonchev–Trinajstić information content (AvgIpc) is 2.06. The highest BCUT2D eigenvalue weighted by Crippen LogP contribution is 1.97. The maximum atomic E-state index is 11.4. The summed E-state index contributed by atoms with van der Waals surface area (Å²) in [7, 11) is 0. The minimum absolute atomic E-state index is 0.236. The van der Waals surface area contributed by atoms with Gasteiger partial charge in [-0.25, -0.2) is 9.59 Å². The van der Waals surface area contributed by atoms with Crippen LogP contribution in [0, 0.1) is 0 Å². The number of nitrogens with one attached hydrogen (secondary N) is 4. The summed E-state index contributed by atoms with van der Waals surface area (Å²) in [5.74, 6) is 0. The molecule has 106 valence electrons. The minimum atomic E-state index is -0.263. The van der Waals surface area contributed by atoms with Crippen LogP contribution in [0.1, 0.15) is 41.5 Å².